The maximum Gasteiger partial charge on any atom is 0.146 e. The lowest BCUT2D eigenvalue weighted by molar-refractivity contribution is -0.0646. The van der Waals surface area contributed by atoms with Gasteiger partial charge in [0.25, 0.3) is 0 Å². The highest BCUT2D eigenvalue weighted by Gasteiger charge is 2.05. The summed E-state index contributed by atoms with van der Waals surface area (Å²) in [5.41, 5.74) is 1.26. The largest absolute Gasteiger partial charge is 0.359 e. The Balaban J connectivity index is 2.47. The van der Waals surface area contributed by atoms with Gasteiger partial charge in [0.05, 0.1) is 6.10 Å². The Morgan fingerprint density at radius 1 is 1.36 bits per heavy atom. The molecule has 0 saturated carbocycles. The molecule has 0 bridgehead atoms. The molecular weight excluding hydrogens is 244 g/mol. The zero-order chi connectivity index (χ0) is 10.4. The van der Waals surface area contributed by atoms with Crippen LogP contribution in [0.15, 0.2) is 28.7 Å². The first-order valence-electron chi connectivity index (χ1n) is 4.58. The third kappa shape index (κ3) is 3.78. The number of ether oxygens (including phenoxy) is 2. The molecule has 0 saturated heterocycles. The van der Waals surface area contributed by atoms with E-state index in [2.05, 4.69) is 22.0 Å². The lowest BCUT2D eigenvalue weighted by atomic mass is 10.1. The van der Waals surface area contributed by atoms with E-state index < -0.39 is 0 Å². The maximum absolute atomic E-state index is 5.41. The van der Waals surface area contributed by atoms with Crippen molar-refractivity contribution in [3.63, 3.8) is 0 Å². The summed E-state index contributed by atoms with van der Waals surface area (Å²) in [6.45, 7) is 2.39. The molecule has 0 aliphatic rings. The quantitative estimate of drug-likeness (QED) is 0.757. The fraction of sp³-hybridized carbons (Fsp3) is 0.455. The molecule has 14 heavy (non-hydrogen) atoms. The molecule has 0 aromatic heterocycles. The molecule has 0 amide bonds. The summed E-state index contributed by atoms with van der Waals surface area (Å²) in [6, 6.07) is 8.17. The predicted molar refractivity (Wildman–Crippen MR) is 60.3 cm³/mol. The highest BCUT2D eigenvalue weighted by Crippen LogP contribution is 2.18. The fourth-order valence-corrected chi connectivity index (χ4v) is 1.66. The summed E-state index contributed by atoms with van der Waals surface area (Å²) in [5.74, 6) is 0. The first kappa shape index (κ1) is 11.7. The number of halogens is 1. The summed E-state index contributed by atoms with van der Waals surface area (Å²) in [7, 11) is 1.63. The van der Waals surface area contributed by atoms with Crippen LogP contribution in [0.2, 0.25) is 0 Å². The van der Waals surface area contributed by atoms with Crippen molar-refractivity contribution in [2.45, 2.75) is 19.4 Å². The zero-order valence-corrected chi connectivity index (χ0v) is 10.1. The van der Waals surface area contributed by atoms with E-state index in [0.717, 1.165) is 10.9 Å². The highest BCUT2D eigenvalue weighted by atomic mass is 79.9. The second-order valence-corrected chi connectivity index (χ2v) is 4.03. The minimum atomic E-state index is 0.175. The Kier molecular flexibility index (Phi) is 5.15. The highest BCUT2D eigenvalue weighted by molar-refractivity contribution is 9.10. The maximum atomic E-state index is 5.41. The molecule has 2 nitrogen and oxygen atoms in total. The molecule has 1 atom stereocenters. The topological polar surface area (TPSA) is 18.5 Å². The number of benzene rings is 1. The van der Waals surface area contributed by atoms with Crippen LogP contribution in [-0.4, -0.2) is 20.0 Å². The van der Waals surface area contributed by atoms with E-state index in [0.29, 0.717) is 6.79 Å². The van der Waals surface area contributed by atoms with Gasteiger partial charge in [0.1, 0.15) is 6.79 Å². The average Bonchev–Trinajstić information content (AvgIpc) is 2.18. The van der Waals surface area contributed by atoms with Crippen molar-refractivity contribution in [3.8, 4) is 0 Å². The van der Waals surface area contributed by atoms with Crippen LogP contribution in [0.1, 0.15) is 12.5 Å². The molecular formula is C11H15BrO2. The van der Waals surface area contributed by atoms with Crippen molar-refractivity contribution in [2.24, 2.45) is 0 Å². The van der Waals surface area contributed by atoms with Crippen LogP contribution in [-0.2, 0) is 15.9 Å². The molecule has 1 unspecified atom stereocenters. The van der Waals surface area contributed by atoms with Crippen molar-refractivity contribution in [1.82, 2.24) is 0 Å². The summed E-state index contributed by atoms with van der Waals surface area (Å²) >= 11 is 3.51. The SMILES string of the molecule is COCOC(C)Cc1ccccc1Br. The Hall–Kier alpha value is -0.380. The van der Waals surface area contributed by atoms with Crippen LogP contribution in [0.4, 0.5) is 0 Å². The second kappa shape index (κ2) is 6.17. The van der Waals surface area contributed by atoms with Gasteiger partial charge in [-0.25, -0.2) is 0 Å². The molecule has 0 spiro atoms. The molecule has 0 fully saturated rings. The lowest BCUT2D eigenvalue weighted by Gasteiger charge is -2.13. The number of hydrogen-bond acceptors (Lipinski definition) is 2. The van der Waals surface area contributed by atoms with E-state index in [-0.39, 0.29) is 6.10 Å². The van der Waals surface area contributed by atoms with Crippen LogP contribution in [0.3, 0.4) is 0 Å². The Morgan fingerprint density at radius 2 is 2.07 bits per heavy atom. The Labute approximate surface area is 93.4 Å². The van der Waals surface area contributed by atoms with Gasteiger partial charge in [-0.15, -0.1) is 0 Å². The van der Waals surface area contributed by atoms with Crippen molar-refractivity contribution in [1.29, 1.82) is 0 Å². The van der Waals surface area contributed by atoms with Crippen LogP contribution in [0.5, 0.6) is 0 Å². The van der Waals surface area contributed by atoms with Gasteiger partial charge in [-0.3, -0.25) is 0 Å². The van der Waals surface area contributed by atoms with Crippen molar-refractivity contribution >= 4 is 15.9 Å². The molecule has 0 heterocycles. The van der Waals surface area contributed by atoms with E-state index >= 15 is 0 Å². The normalized spacial score (nSPS) is 12.8. The van der Waals surface area contributed by atoms with Crippen molar-refractivity contribution < 1.29 is 9.47 Å². The van der Waals surface area contributed by atoms with E-state index in [9.17, 15) is 0 Å². The van der Waals surface area contributed by atoms with Gasteiger partial charge < -0.3 is 9.47 Å². The molecule has 3 heteroatoms. The molecule has 0 aliphatic heterocycles. The van der Waals surface area contributed by atoms with Gasteiger partial charge in [-0.1, -0.05) is 34.1 Å². The summed E-state index contributed by atoms with van der Waals surface area (Å²) in [4.78, 5) is 0. The minimum Gasteiger partial charge on any atom is -0.359 e. The molecule has 78 valence electrons. The van der Waals surface area contributed by atoms with Gasteiger partial charge >= 0.3 is 0 Å². The Bertz CT molecular complexity index is 276. The smallest absolute Gasteiger partial charge is 0.146 e. The number of hydrogen-bond donors (Lipinski definition) is 0. The average molecular weight is 259 g/mol. The first-order chi connectivity index (χ1) is 6.74. The summed E-state index contributed by atoms with van der Waals surface area (Å²) in [5, 5.41) is 0. The predicted octanol–water partition coefficient (Wildman–Crippen LogP) is 3.00. The molecule has 1 aromatic rings. The monoisotopic (exact) mass is 258 g/mol. The van der Waals surface area contributed by atoms with Crippen LogP contribution in [0, 0.1) is 0 Å². The molecule has 0 radical (unpaired) electrons. The standard InChI is InChI=1S/C11H15BrO2/c1-9(14-8-13-2)7-10-5-3-4-6-11(10)12/h3-6,9H,7-8H2,1-2H3. The van der Waals surface area contributed by atoms with E-state index in [1.54, 1.807) is 7.11 Å². The minimum absolute atomic E-state index is 0.175. The zero-order valence-electron chi connectivity index (χ0n) is 8.50. The van der Waals surface area contributed by atoms with Gasteiger partial charge in [0.2, 0.25) is 0 Å². The first-order valence-corrected chi connectivity index (χ1v) is 5.37. The second-order valence-electron chi connectivity index (χ2n) is 3.18. The Morgan fingerprint density at radius 3 is 2.71 bits per heavy atom. The van der Waals surface area contributed by atoms with Gasteiger partial charge in [-0.05, 0) is 25.0 Å². The molecule has 1 aromatic carbocycles. The summed E-state index contributed by atoms with van der Waals surface area (Å²) < 4.78 is 11.4. The van der Waals surface area contributed by atoms with E-state index in [1.807, 2.05) is 25.1 Å². The van der Waals surface area contributed by atoms with Crippen LogP contribution in [0.25, 0.3) is 0 Å². The van der Waals surface area contributed by atoms with Crippen LogP contribution >= 0.6 is 15.9 Å². The molecule has 0 N–H and O–H groups in total. The molecule has 0 aliphatic carbocycles. The summed E-state index contributed by atoms with van der Waals surface area (Å²) in [6.07, 6.45) is 1.07. The molecule has 1 rings (SSSR count). The third-order valence-corrected chi connectivity index (χ3v) is 2.71. The van der Waals surface area contributed by atoms with Gasteiger partial charge in [-0.2, -0.15) is 0 Å². The third-order valence-electron chi connectivity index (χ3n) is 1.94. The number of methoxy groups -OCH3 is 1. The van der Waals surface area contributed by atoms with E-state index in [1.165, 1.54) is 5.56 Å². The van der Waals surface area contributed by atoms with E-state index in [4.69, 9.17) is 9.47 Å². The van der Waals surface area contributed by atoms with Crippen molar-refractivity contribution in [2.75, 3.05) is 13.9 Å². The van der Waals surface area contributed by atoms with Crippen molar-refractivity contribution in [3.05, 3.63) is 34.3 Å². The fourth-order valence-electron chi connectivity index (χ4n) is 1.22. The van der Waals surface area contributed by atoms with Gasteiger partial charge in [0, 0.05) is 11.6 Å². The number of rotatable bonds is 5. The van der Waals surface area contributed by atoms with Crippen LogP contribution < -0.4 is 0 Å². The lowest BCUT2D eigenvalue weighted by Crippen LogP contribution is -2.13. The van der Waals surface area contributed by atoms with Gasteiger partial charge in [0.15, 0.2) is 0 Å².